The van der Waals surface area contributed by atoms with Gasteiger partial charge in [-0.05, 0) is 45.2 Å². The molecular formula is C20H33IN6O3. The third-order valence-corrected chi connectivity index (χ3v) is 4.49. The molecule has 0 aliphatic carbocycles. The van der Waals surface area contributed by atoms with Crippen LogP contribution in [0.5, 0.6) is 0 Å². The van der Waals surface area contributed by atoms with E-state index in [0.29, 0.717) is 38.0 Å². The van der Waals surface area contributed by atoms with Crippen LogP contribution in [0.15, 0.2) is 23.3 Å². The third kappa shape index (κ3) is 9.14. The monoisotopic (exact) mass is 532 g/mol. The van der Waals surface area contributed by atoms with Crippen LogP contribution in [0.2, 0.25) is 0 Å². The van der Waals surface area contributed by atoms with Crippen LogP contribution >= 0.6 is 24.0 Å². The lowest BCUT2D eigenvalue weighted by molar-refractivity contribution is -0.116. The highest BCUT2D eigenvalue weighted by molar-refractivity contribution is 14.0. The molecule has 0 spiro atoms. The summed E-state index contributed by atoms with van der Waals surface area (Å²) < 4.78 is 5.05. The Morgan fingerprint density at radius 1 is 1.27 bits per heavy atom. The van der Waals surface area contributed by atoms with Crippen LogP contribution in [0.3, 0.4) is 0 Å². The number of hydrogen-bond acceptors (Lipinski definition) is 5. The van der Waals surface area contributed by atoms with Gasteiger partial charge in [-0.15, -0.1) is 24.0 Å². The molecule has 2 amide bonds. The molecule has 10 heteroatoms. The SMILES string of the molecule is CCNC(=NCCC(=O)Nc1ccc(C)cn1)NC1CCN(C(=O)OCC)CC1.I. The van der Waals surface area contributed by atoms with Gasteiger partial charge in [0.05, 0.1) is 13.2 Å². The predicted molar refractivity (Wildman–Crippen MR) is 128 cm³/mol. The van der Waals surface area contributed by atoms with Crippen LogP contribution < -0.4 is 16.0 Å². The first-order valence-electron chi connectivity index (χ1n) is 10.2. The summed E-state index contributed by atoms with van der Waals surface area (Å²) >= 11 is 0. The van der Waals surface area contributed by atoms with E-state index in [2.05, 4.69) is 25.9 Å². The summed E-state index contributed by atoms with van der Waals surface area (Å²) in [6, 6.07) is 3.91. The summed E-state index contributed by atoms with van der Waals surface area (Å²) in [5, 5.41) is 9.37. The summed E-state index contributed by atoms with van der Waals surface area (Å²) in [4.78, 5) is 34.3. The molecule has 1 aliphatic rings. The van der Waals surface area contributed by atoms with Crippen molar-refractivity contribution in [2.75, 3.05) is 38.1 Å². The number of guanidine groups is 1. The average Bonchev–Trinajstić information content (AvgIpc) is 2.70. The Bertz CT molecular complexity index is 690. The number of aromatic nitrogens is 1. The summed E-state index contributed by atoms with van der Waals surface area (Å²) in [6.07, 6.45) is 3.38. The van der Waals surface area contributed by atoms with Crippen LogP contribution in [0, 0.1) is 6.92 Å². The Labute approximate surface area is 195 Å². The Morgan fingerprint density at radius 3 is 2.60 bits per heavy atom. The smallest absolute Gasteiger partial charge is 0.409 e. The van der Waals surface area contributed by atoms with Gasteiger partial charge in [0.1, 0.15) is 5.82 Å². The lowest BCUT2D eigenvalue weighted by Crippen LogP contribution is -2.50. The molecule has 2 heterocycles. The first-order chi connectivity index (χ1) is 14.0. The van der Waals surface area contributed by atoms with Gasteiger partial charge in [-0.1, -0.05) is 6.07 Å². The molecule has 1 aromatic heterocycles. The zero-order valence-corrected chi connectivity index (χ0v) is 20.3. The van der Waals surface area contributed by atoms with Gasteiger partial charge in [0.2, 0.25) is 5.91 Å². The maximum absolute atomic E-state index is 12.1. The van der Waals surface area contributed by atoms with Gasteiger partial charge in [-0.3, -0.25) is 9.79 Å². The Hall–Kier alpha value is -2.11. The molecule has 0 atom stereocenters. The van der Waals surface area contributed by atoms with E-state index in [-0.39, 0.29) is 48.4 Å². The van der Waals surface area contributed by atoms with Gasteiger partial charge < -0.3 is 25.6 Å². The van der Waals surface area contributed by atoms with Gasteiger partial charge in [0, 0.05) is 38.3 Å². The highest BCUT2D eigenvalue weighted by atomic mass is 127. The summed E-state index contributed by atoms with van der Waals surface area (Å²) in [5.41, 5.74) is 1.04. The fourth-order valence-electron chi connectivity index (χ4n) is 2.95. The minimum Gasteiger partial charge on any atom is -0.450 e. The minimum absolute atomic E-state index is 0. The van der Waals surface area contributed by atoms with Crippen molar-refractivity contribution in [2.45, 2.75) is 46.1 Å². The number of piperidine rings is 1. The Balaban J connectivity index is 0.00000450. The standard InChI is InChI=1S/C20H32N6O3.HI/c1-4-21-19(24-16-9-12-26(13-10-16)20(28)29-5-2)22-11-8-18(27)25-17-7-6-15(3)14-23-17;/h6-7,14,16H,4-5,8-13H2,1-3H3,(H2,21,22,24)(H,23,25,27);1H. The molecule has 1 aliphatic heterocycles. The Kier molecular flexibility index (Phi) is 12.1. The van der Waals surface area contributed by atoms with Crippen LogP contribution in [0.25, 0.3) is 0 Å². The maximum atomic E-state index is 12.1. The maximum Gasteiger partial charge on any atom is 0.409 e. The number of carbonyl (C=O) groups is 2. The molecule has 9 nitrogen and oxygen atoms in total. The van der Waals surface area contributed by atoms with Crippen LogP contribution in [-0.4, -0.2) is 66.7 Å². The fraction of sp³-hybridized carbons (Fsp3) is 0.600. The second kappa shape index (κ2) is 14.0. The molecule has 0 aromatic carbocycles. The summed E-state index contributed by atoms with van der Waals surface area (Å²) in [7, 11) is 0. The van der Waals surface area contributed by atoms with Gasteiger partial charge in [0.15, 0.2) is 5.96 Å². The molecule has 2 rings (SSSR count). The number of aryl methyl sites for hydroxylation is 1. The number of nitrogens with one attached hydrogen (secondary N) is 3. The van der Waals surface area contributed by atoms with Crippen LogP contribution in [0.1, 0.15) is 38.7 Å². The number of anilines is 1. The van der Waals surface area contributed by atoms with E-state index < -0.39 is 0 Å². The van der Waals surface area contributed by atoms with E-state index in [1.54, 1.807) is 17.2 Å². The number of nitrogens with zero attached hydrogens (tertiary/aromatic N) is 3. The van der Waals surface area contributed by atoms with E-state index in [4.69, 9.17) is 4.74 Å². The number of pyridine rings is 1. The molecule has 30 heavy (non-hydrogen) atoms. The second-order valence-electron chi connectivity index (χ2n) is 6.88. The normalized spacial score (nSPS) is 14.5. The molecule has 0 radical (unpaired) electrons. The van der Waals surface area contributed by atoms with Crippen molar-refractivity contribution in [3.05, 3.63) is 23.9 Å². The molecule has 0 saturated carbocycles. The van der Waals surface area contributed by atoms with E-state index in [1.165, 1.54) is 0 Å². The number of hydrogen-bond donors (Lipinski definition) is 3. The number of ether oxygens (including phenoxy) is 1. The number of amides is 2. The zero-order chi connectivity index (χ0) is 21.1. The number of likely N-dealkylation sites (tertiary alicyclic amines) is 1. The molecule has 1 saturated heterocycles. The average molecular weight is 532 g/mol. The fourth-order valence-corrected chi connectivity index (χ4v) is 2.95. The van der Waals surface area contributed by atoms with Gasteiger partial charge in [0.25, 0.3) is 0 Å². The van der Waals surface area contributed by atoms with Crippen molar-refractivity contribution in [2.24, 2.45) is 4.99 Å². The Morgan fingerprint density at radius 2 is 2.00 bits per heavy atom. The van der Waals surface area contributed by atoms with Gasteiger partial charge >= 0.3 is 6.09 Å². The van der Waals surface area contributed by atoms with E-state index in [1.807, 2.05) is 26.8 Å². The largest absolute Gasteiger partial charge is 0.450 e. The van der Waals surface area contributed by atoms with Gasteiger partial charge in [-0.25, -0.2) is 9.78 Å². The molecule has 168 valence electrons. The van der Waals surface area contributed by atoms with Gasteiger partial charge in [-0.2, -0.15) is 0 Å². The summed E-state index contributed by atoms with van der Waals surface area (Å²) in [5.74, 6) is 1.11. The minimum atomic E-state index is -0.249. The number of carbonyl (C=O) groups excluding carboxylic acids is 2. The van der Waals surface area contributed by atoms with Crippen molar-refractivity contribution in [1.82, 2.24) is 20.5 Å². The van der Waals surface area contributed by atoms with Crippen LogP contribution in [0.4, 0.5) is 10.6 Å². The quantitative estimate of drug-likeness (QED) is 0.283. The molecule has 0 unspecified atom stereocenters. The second-order valence-corrected chi connectivity index (χ2v) is 6.88. The van der Waals surface area contributed by atoms with E-state index in [9.17, 15) is 9.59 Å². The first kappa shape index (κ1) is 25.9. The highest BCUT2D eigenvalue weighted by Crippen LogP contribution is 2.11. The van der Waals surface area contributed by atoms with Crippen molar-refractivity contribution in [1.29, 1.82) is 0 Å². The molecule has 3 N–H and O–H groups in total. The van der Waals surface area contributed by atoms with E-state index in [0.717, 1.165) is 24.9 Å². The molecular weight excluding hydrogens is 499 g/mol. The zero-order valence-electron chi connectivity index (χ0n) is 17.9. The lowest BCUT2D eigenvalue weighted by atomic mass is 10.1. The molecule has 1 aromatic rings. The van der Waals surface area contributed by atoms with Crippen LogP contribution in [-0.2, 0) is 9.53 Å². The third-order valence-electron chi connectivity index (χ3n) is 4.49. The predicted octanol–water partition coefficient (Wildman–Crippen LogP) is 2.51. The van der Waals surface area contributed by atoms with Crippen molar-refractivity contribution in [3.63, 3.8) is 0 Å². The number of rotatable bonds is 7. The van der Waals surface area contributed by atoms with E-state index >= 15 is 0 Å². The summed E-state index contributed by atoms with van der Waals surface area (Å²) in [6.45, 7) is 8.55. The molecule has 1 fully saturated rings. The topological polar surface area (TPSA) is 108 Å². The lowest BCUT2D eigenvalue weighted by Gasteiger charge is -2.32. The first-order valence-corrected chi connectivity index (χ1v) is 10.2. The van der Waals surface area contributed by atoms with Crippen molar-refractivity contribution >= 4 is 47.8 Å². The highest BCUT2D eigenvalue weighted by Gasteiger charge is 2.24. The molecule has 0 bridgehead atoms. The number of halogens is 1. The van der Waals surface area contributed by atoms with Crippen molar-refractivity contribution in [3.8, 4) is 0 Å². The van der Waals surface area contributed by atoms with Crippen molar-refractivity contribution < 1.29 is 14.3 Å². The number of aliphatic imine (C=N–C) groups is 1.